The maximum Gasteiger partial charge on any atom is 0.162 e. The number of carbonyl (C=O) groups excluding carboxylic acids is 1. The molecule has 100 valence electrons. The number of hydrogen-bond acceptors (Lipinski definition) is 2. The Kier molecular flexibility index (Phi) is 4.20. The first-order valence-corrected chi connectivity index (χ1v) is 7.24. The third-order valence-corrected chi connectivity index (χ3v) is 3.62. The fourth-order valence-electron chi connectivity index (χ4n) is 2.08. The van der Waals surface area contributed by atoms with E-state index in [1.165, 1.54) is 0 Å². The van der Waals surface area contributed by atoms with Crippen LogP contribution in [0.4, 0.5) is 0 Å². The van der Waals surface area contributed by atoms with E-state index in [9.17, 15) is 4.79 Å². The lowest BCUT2D eigenvalue weighted by atomic mass is 10.1. The Bertz CT molecular complexity index is 617. The number of hydrogen-bond donors (Lipinski definition) is 0. The highest BCUT2D eigenvalue weighted by atomic mass is 79.9. The van der Waals surface area contributed by atoms with Gasteiger partial charge in [-0.2, -0.15) is 5.10 Å². The van der Waals surface area contributed by atoms with Gasteiger partial charge in [0.25, 0.3) is 0 Å². The molecule has 3 nitrogen and oxygen atoms in total. The SMILES string of the molecule is CCc1cc(CC)n(-c2ccc(Br)cc2C(C)=O)n1. The fourth-order valence-corrected chi connectivity index (χ4v) is 2.44. The first-order chi connectivity index (χ1) is 9.06. The molecular weight excluding hydrogens is 304 g/mol. The molecule has 0 unspecified atom stereocenters. The van der Waals surface area contributed by atoms with Crippen molar-refractivity contribution in [2.45, 2.75) is 33.6 Å². The lowest BCUT2D eigenvalue weighted by Gasteiger charge is -2.10. The van der Waals surface area contributed by atoms with Crippen LogP contribution in [0.3, 0.4) is 0 Å². The number of carbonyl (C=O) groups is 1. The second kappa shape index (κ2) is 5.70. The Hall–Kier alpha value is -1.42. The summed E-state index contributed by atoms with van der Waals surface area (Å²) < 4.78 is 2.80. The summed E-state index contributed by atoms with van der Waals surface area (Å²) in [5, 5.41) is 4.59. The molecule has 1 heterocycles. The lowest BCUT2D eigenvalue weighted by Crippen LogP contribution is -2.07. The van der Waals surface area contributed by atoms with E-state index in [0.29, 0.717) is 5.56 Å². The van der Waals surface area contributed by atoms with Crippen molar-refractivity contribution in [1.82, 2.24) is 9.78 Å². The highest BCUT2D eigenvalue weighted by Crippen LogP contribution is 2.22. The van der Waals surface area contributed by atoms with Crippen LogP contribution in [-0.2, 0) is 12.8 Å². The molecule has 0 saturated carbocycles. The smallest absolute Gasteiger partial charge is 0.162 e. The normalized spacial score (nSPS) is 10.7. The molecule has 0 aliphatic carbocycles. The van der Waals surface area contributed by atoms with E-state index in [4.69, 9.17) is 0 Å². The predicted octanol–water partition coefficient (Wildman–Crippen LogP) is 3.96. The maximum absolute atomic E-state index is 11.8. The maximum atomic E-state index is 11.8. The Balaban J connectivity index is 2.64. The molecule has 1 aromatic heterocycles. The summed E-state index contributed by atoms with van der Waals surface area (Å²) in [5.74, 6) is 0.0481. The molecule has 0 aliphatic heterocycles. The molecule has 2 rings (SSSR count). The minimum atomic E-state index is 0.0481. The van der Waals surface area contributed by atoms with Crippen LogP contribution in [0.2, 0.25) is 0 Å². The Morgan fingerprint density at radius 3 is 2.58 bits per heavy atom. The zero-order valence-electron chi connectivity index (χ0n) is 11.4. The molecule has 0 spiro atoms. The zero-order valence-corrected chi connectivity index (χ0v) is 13.0. The zero-order chi connectivity index (χ0) is 14.0. The first kappa shape index (κ1) is 14.0. The van der Waals surface area contributed by atoms with Crippen molar-refractivity contribution in [1.29, 1.82) is 0 Å². The molecule has 2 aromatic rings. The van der Waals surface area contributed by atoms with Gasteiger partial charge in [0.15, 0.2) is 5.78 Å². The molecule has 0 N–H and O–H groups in total. The van der Waals surface area contributed by atoms with Crippen LogP contribution in [-0.4, -0.2) is 15.6 Å². The van der Waals surface area contributed by atoms with Crippen LogP contribution in [0.5, 0.6) is 0 Å². The van der Waals surface area contributed by atoms with E-state index in [1.54, 1.807) is 6.92 Å². The number of ketones is 1. The molecule has 0 bridgehead atoms. The Morgan fingerprint density at radius 2 is 2.00 bits per heavy atom. The standard InChI is InChI=1S/C15H17BrN2O/c1-4-12-9-13(5-2)18(17-12)15-7-6-11(16)8-14(15)10(3)19/h6-9H,4-5H2,1-3H3. The molecular formula is C15H17BrN2O. The Morgan fingerprint density at radius 1 is 1.26 bits per heavy atom. The van der Waals surface area contributed by atoms with Crippen molar-refractivity contribution in [3.63, 3.8) is 0 Å². The van der Waals surface area contributed by atoms with Crippen LogP contribution >= 0.6 is 15.9 Å². The molecule has 4 heteroatoms. The number of nitrogens with zero attached hydrogens (tertiary/aromatic N) is 2. The molecule has 0 fully saturated rings. The second-order valence-corrected chi connectivity index (χ2v) is 5.38. The van der Waals surface area contributed by atoms with Gasteiger partial charge in [-0.1, -0.05) is 29.8 Å². The largest absolute Gasteiger partial charge is 0.294 e. The van der Waals surface area contributed by atoms with Gasteiger partial charge in [-0.05, 0) is 44.0 Å². The van der Waals surface area contributed by atoms with E-state index in [0.717, 1.165) is 34.4 Å². The van der Waals surface area contributed by atoms with Gasteiger partial charge < -0.3 is 0 Å². The van der Waals surface area contributed by atoms with Gasteiger partial charge >= 0.3 is 0 Å². The summed E-state index contributed by atoms with van der Waals surface area (Å²) in [6, 6.07) is 7.83. The van der Waals surface area contributed by atoms with E-state index in [-0.39, 0.29) is 5.78 Å². The second-order valence-electron chi connectivity index (χ2n) is 4.46. The third kappa shape index (κ3) is 2.78. The topological polar surface area (TPSA) is 34.9 Å². The van der Waals surface area contributed by atoms with Gasteiger partial charge in [0.2, 0.25) is 0 Å². The van der Waals surface area contributed by atoms with Crippen LogP contribution in [0.15, 0.2) is 28.7 Å². The molecule has 0 aliphatic rings. The molecule has 19 heavy (non-hydrogen) atoms. The van der Waals surface area contributed by atoms with Gasteiger partial charge in [0.1, 0.15) is 0 Å². The van der Waals surface area contributed by atoms with Crippen LogP contribution in [0, 0.1) is 0 Å². The van der Waals surface area contributed by atoms with Crippen LogP contribution in [0.25, 0.3) is 5.69 Å². The van der Waals surface area contributed by atoms with Crippen molar-refractivity contribution in [3.05, 3.63) is 45.7 Å². The van der Waals surface area contributed by atoms with E-state index in [2.05, 4.69) is 40.9 Å². The number of rotatable bonds is 4. The highest BCUT2D eigenvalue weighted by Gasteiger charge is 2.14. The third-order valence-electron chi connectivity index (χ3n) is 3.12. The minimum absolute atomic E-state index is 0.0481. The summed E-state index contributed by atoms with van der Waals surface area (Å²) in [4.78, 5) is 11.8. The molecule has 0 atom stereocenters. The van der Waals surface area contributed by atoms with Crippen molar-refractivity contribution in [2.24, 2.45) is 0 Å². The summed E-state index contributed by atoms with van der Waals surface area (Å²) in [7, 11) is 0. The van der Waals surface area contributed by atoms with Crippen molar-refractivity contribution >= 4 is 21.7 Å². The number of Topliss-reactive ketones (excluding diaryl/α,β-unsaturated/α-hetero) is 1. The molecule has 0 amide bonds. The minimum Gasteiger partial charge on any atom is -0.294 e. The summed E-state index contributed by atoms with van der Waals surface area (Å²) in [5.41, 5.74) is 3.72. The van der Waals surface area contributed by atoms with Gasteiger partial charge in [-0.25, -0.2) is 4.68 Å². The van der Waals surface area contributed by atoms with E-state index in [1.807, 2.05) is 22.9 Å². The number of aryl methyl sites for hydroxylation is 2. The van der Waals surface area contributed by atoms with Crippen molar-refractivity contribution < 1.29 is 4.79 Å². The predicted molar refractivity (Wildman–Crippen MR) is 80.0 cm³/mol. The van der Waals surface area contributed by atoms with E-state index >= 15 is 0 Å². The highest BCUT2D eigenvalue weighted by molar-refractivity contribution is 9.10. The van der Waals surface area contributed by atoms with Crippen LogP contribution < -0.4 is 0 Å². The van der Waals surface area contributed by atoms with Gasteiger partial charge in [-0.3, -0.25) is 4.79 Å². The monoisotopic (exact) mass is 320 g/mol. The lowest BCUT2D eigenvalue weighted by molar-refractivity contribution is 0.101. The van der Waals surface area contributed by atoms with Gasteiger partial charge in [0, 0.05) is 15.7 Å². The molecule has 0 radical (unpaired) electrons. The molecule has 0 saturated heterocycles. The number of aromatic nitrogens is 2. The quantitative estimate of drug-likeness (QED) is 0.799. The average Bonchev–Trinajstić information content (AvgIpc) is 2.81. The van der Waals surface area contributed by atoms with Gasteiger partial charge in [-0.15, -0.1) is 0 Å². The fraction of sp³-hybridized carbons (Fsp3) is 0.333. The van der Waals surface area contributed by atoms with Crippen molar-refractivity contribution in [3.8, 4) is 5.69 Å². The number of benzene rings is 1. The summed E-state index contributed by atoms with van der Waals surface area (Å²) in [6.07, 6.45) is 1.78. The first-order valence-electron chi connectivity index (χ1n) is 6.45. The average molecular weight is 321 g/mol. The summed E-state index contributed by atoms with van der Waals surface area (Å²) in [6.45, 7) is 5.76. The number of halogens is 1. The van der Waals surface area contributed by atoms with Crippen molar-refractivity contribution in [2.75, 3.05) is 0 Å². The van der Waals surface area contributed by atoms with Crippen LogP contribution in [0.1, 0.15) is 42.5 Å². The van der Waals surface area contributed by atoms with E-state index < -0.39 is 0 Å². The molecule has 1 aromatic carbocycles. The Labute approximate surface area is 121 Å². The van der Waals surface area contributed by atoms with Gasteiger partial charge in [0.05, 0.1) is 11.4 Å². The summed E-state index contributed by atoms with van der Waals surface area (Å²) >= 11 is 3.41.